The van der Waals surface area contributed by atoms with Crippen molar-refractivity contribution < 1.29 is 19.4 Å². The predicted octanol–water partition coefficient (Wildman–Crippen LogP) is 4.68. The number of carbonyl (C=O) groups is 1. The maximum Gasteiger partial charge on any atom is 0.328 e. The molecule has 0 radical (unpaired) electrons. The highest BCUT2D eigenvalue weighted by Gasteiger charge is 2.12. The van der Waals surface area contributed by atoms with Gasteiger partial charge in [-0.15, -0.1) is 0 Å². The highest BCUT2D eigenvalue weighted by Crippen LogP contribution is 2.37. The number of methoxy groups -OCH3 is 1. The van der Waals surface area contributed by atoms with E-state index in [-0.39, 0.29) is 6.61 Å². The Kier molecular flexibility index (Phi) is 5.90. The van der Waals surface area contributed by atoms with Gasteiger partial charge in [-0.25, -0.2) is 4.79 Å². The molecular formula is C17H14Cl2O4. The third-order valence-electron chi connectivity index (χ3n) is 3.00. The summed E-state index contributed by atoms with van der Waals surface area (Å²) >= 11 is 12.3. The Bertz CT molecular complexity index is 741. The van der Waals surface area contributed by atoms with Crippen molar-refractivity contribution in [1.82, 2.24) is 0 Å². The molecule has 0 atom stereocenters. The summed E-state index contributed by atoms with van der Waals surface area (Å²) in [6.45, 7) is 0.236. The third kappa shape index (κ3) is 4.65. The van der Waals surface area contributed by atoms with E-state index in [2.05, 4.69) is 0 Å². The van der Waals surface area contributed by atoms with Crippen molar-refractivity contribution in [3.63, 3.8) is 0 Å². The van der Waals surface area contributed by atoms with Gasteiger partial charge < -0.3 is 14.6 Å². The van der Waals surface area contributed by atoms with Crippen molar-refractivity contribution >= 4 is 35.2 Å². The van der Waals surface area contributed by atoms with Gasteiger partial charge >= 0.3 is 5.97 Å². The van der Waals surface area contributed by atoms with E-state index in [4.69, 9.17) is 37.8 Å². The van der Waals surface area contributed by atoms with E-state index in [1.54, 1.807) is 18.2 Å². The molecule has 0 saturated heterocycles. The Hall–Kier alpha value is -2.17. The lowest BCUT2D eigenvalue weighted by molar-refractivity contribution is -0.131. The van der Waals surface area contributed by atoms with Crippen molar-refractivity contribution in [2.75, 3.05) is 7.11 Å². The molecule has 0 amide bonds. The summed E-state index contributed by atoms with van der Waals surface area (Å²) in [6, 6.07) is 10.6. The van der Waals surface area contributed by atoms with Crippen LogP contribution in [0, 0.1) is 0 Å². The molecule has 0 spiro atoms. The van der Waals surface area contributed by atoms with Gasteiger partial charge in [0.05, 0.1) is 12.1 Å². The van der Waals surface area contributed by atoms with Crippen LogP contribution >= 0.6 is 23.2 Å². The topological polar surface area (TPSA) is 55.8 Å². The summed E-state index contributed by atoms with van der Waals surface area (Å²) in [5.41, 5.74) is 1.42. The maximum atomic E-state index is 10.6. The molecule has 0 aromatic heterocycles. The van der Waals surface area contributed by atoms with Gasteiger partial charge in [0.25, 0.3) is 0 Å². The minimum absolute atomic E-state index is 0.236. The van der Waals surface area contributed by atoms with Gasteiger partial charge in [0, 0.05) is 16.7 Å². The Morgan fingerprint density at radius 3 is 2.61 bits per heavy atom. The van der Waals surface area contributed by atoms with Gasteiger partial charge in [-0.1, -0.05) is 41.4 Å². The number of ether oxygens (including phenoxy) is 2. The summed E-state index contributed by atoms with van der Waals surface area (Å²) in [6.07, 6.45) is 2.45. The van der Waals surface area contributed by atoms with E-state index >= 15 is 0 Å². The second-order valence-corrected chi connectivity index (χ2v) is 5.40. The summed E-state index contributed by atoms with van der Waals surface area (Å²) in [5.74, 6) is -0.254. The molecule has 0 aliphatic heterocycles. The van der Waals surface area contributed by atoms with Crippen molar-refractivity contribution in [3.8, 4) is 11.5 Å². The first-order chi connectivity index (χ1) is 11.0. The van der Waals surface area contributed by atoms with Crippen LogP contribution in [-0.4, -0.2) is 18.2 Å². The zero-order valence-corrected chi connectivity index (χ0v) is 13.8. The van der Waals surface area contributed by atoms with E-state index in [0.717, 1.165) is 11.6 Å². The number of carboxylic acids is 1. The van der Waals surface area contributed by atoms with Gasteiger partial charge in [0.2, 0.25) is 0 Å². The smallest absolute Gasteiger partial charge is 0.328 e. The van der Waals surface area contributed by atoms with Gasteiger partial charge in [-0.2, -0.15) is 0 Å². The molecule has 1 N–H and O–H groups in total. The van der Waals surface area contributed by atoms with Crippen LogP contribution in [0.15, 0.2) is 42.5 Å². The number of hydrogen-bond acceptors (Lipinski definition) is 3. The molecule has 2 rings (SSSR count). The first-order valence-corrected chi connectivity index (χ1v) is 7.41. The van der Waals surface area contributed by atoms with Crippen molar-refractivity contribution in [2.45, 2.75) is 6.61 Å². The van der Waals surface area contributed by atoms with Crippen LogP contribution in [0.5, 0.6) is 11.5 Å². The Morgan fingerprint density at radius 1 is 1.22 bits per heavy atom. The SMILES string of the molecule is COc1cc(C=CC(=O)O)cc(Cl)c1OCc1ccccc1Cl. The first kappa shape index (κ1) is 17.2. The summed E-state index contributed by atoms with van der Waals surface area (Å²) in [5, 5.41) is 9.59. The van der Waals surface area contributed by atoms with Crippen LogP contribution in [0.1, 0.15) is 11.1 Å². The number of aliphatic carboxylic acids is 1. The molecule has 0 unspecified atom stereocenters. The zero-order chi connectivity index (χ0) is 16.8. The van der Waals surface area contributed by atoms with Crippen LogP contribution in [0.4, 0.5) is 0 Å². The second kappa shape index (κ2) is 7.90. The molecule has 2 aromatic carbocycles. The molecule has 0 heterocycles. The standard InChI is InChI=1S/C17H14Cl2O4/c1-22-15-9-11(6-7-16(20)21)8-14(19)17(15)23-10-12-4-2-3-5-13(12)18/h2-9H,10H2,1H3,(H,20,21). The minimum atomic E-state index is -1.04. The summed E-state index contributed by atoms with van der Waals surface area (Å²) in [4.78, 5) is 10.6. The number of rotatable bonds is 6. The van der Waals surface area contributed by atoms with Crippen LogP contribution in [-0.2, 0) is 11.4 Å². The predicted molar refractivity (Wildman–Crippen MR) is 90.5 cm³/mol. The highest BCUT2D eigenvalue weighted by molar-refractivity contribution is 6.32. The summed E-state index contributed by atoms with van der Waals surface area (Å²) < 4.78 is 11.0. The number of hydrogen-bond donors (Lipinski definition) is 1. The van der Waals surface area contributed by atoms with Gasteiger partial charge in [-0.3, -0.25) is 0 Å². The van der Waals surface area contributed by atoms with Crippen LogP contribution in [0.2, 0.25) is 10.0 Å². The first-order valence-electron chi connectivity index (χ1n) is 6.66. The number of benzene rings is 2. The van der Waals surface area contributed by atoms with Crippen molar-refractivity contribution in [2.24, 2.45) is 0 Å². The van der Waals surface area contributed by atoms with E-state index in [1.165, 1.54) is 13.2 Å². The van der Waals surface area contributed by atoms with Crippen molar-refractivity contribution in [1.29, 1.82) is 0 Å². The largest absolute Gasteiger partial charge is 0.493 e. The molecular weight excluding hydrogens is 339 g/mol. The van der Waals surface area contributed by atoms with Crippen LogP contribution < -0.4 is 9.47 Å². The average molecular weight is 353 g/mol. The van der Waals surface area contributed by atoms with Gasteiger partial charge in [0.15, 0.2) is 11.5 Å². The Morgan fingerprint density at radius 2 is 1.96 bits per heavy atom. The number of halogens is 2. The fourth-order valence-electron chi connectivity index (χ4n) is 1.91. The van der Waals surface area contributed by atoms with E-state index in [1.807, 2.05) is 18.2 Å². The lowest BCUT2D eigenvalue weighted by Crippen LogP contribution is -1.99. The maximum absolute atomic E-state index is 10.6. The second-order valence-electron chi connectivity index (χ2n) is 4.59. The van der Waals surface area contributed by atoms with Crippen molar-refractivity contribution in [3.05, 3.63) is 63.6 Å². The quantitative estimate of drug-likeness (QED) is 0.767. The summed E-state index contributed by atoms with van der Waals surface area (Å²) in [7, 11) is 1.48. The lowest BCUT2D eigenvalue weighted by Gasteiger charge is -2.14. The van der Waals surface area contributed by atoms with E-state index in [0.29, 0.717) is 27.1 Å². The van der Waals surface area contributed by atoms with Crippen LogP contribution in [0.25, 0.3) is 6.08 Å². The third-order valence-corrected chi connectivity index (χ3v) is 3.65. The molecule has 120 valence electrons. The monoisotopic (exact) mass is 352 g/mol. The average Bonchev–Trinajstić information content (AvgIpc) is 2.52. The molecule has 6 heteroatoms. The molecule has 0 fully saturated rings. The minimum Gasteiger partial charge on any atom is -0.493 e. The molecule has 4 nitrogen and oxygen atoms in total. The lowest BCUT2D eigenvalue weighted by atomic mass is 10.2. The number of carboxylic acid groups (broad SMARTS) is 1. The molecule has 23 heavy (non-hydrogen) atoms. The zero-order valence-electron chi connectivity index (χ0n) is 12.3. The molecule has 0 aliphatic rings. The molecule has 0 saturated carbocycles. The fourth-order valence-corrected chi connectivity index (χ4v) is 2.37. The Balaban J connectivity index is 2.24. The van der Waals surface area contributed by atoms with Crippen LogP contribution in [0.3, 0.4) is 0 Å². The van der Waals surface area contributed by atoms with E-state index < -0.39 is 5.97 Å². The molecule has 0 bridgehead atoms. The van der Waals surface area contributed by atoms with Gasteiger partial charge in [0.1, 0.15) is 6.61 Å². The van der Waals surface area contributed by atoms with Gasteiger partial charge in [-0.05, 0) is 29.8 Å². The molecule has 2 aromatic rings. The normalized spacial score (nSPS) is 10.7. The molecule has 0 aliphatic carbocycles. The van der Waals surface area contributed by atoms with E-state index in [9.17, 15) is 4.79 Å². The fraction of sp³-hybridized carbons (Fsp3) is 0.118. The Labute approximate surface area is 143 Å². The highest BCUT2D eigenvalue weighted by atomic mass is 35.5.